The number of carbonyl (C=O) groups is 2. The standard InChI is InChI=1S/C14H20N2O3S/c1-20-8-7-12(15)13(17)16-9-11(14(18)19)10-5-3-2-4-6-10/h2-6,11-12H,7-9,15H2,1H3,(H,16,17)(H,18,19)/t11?,12-/m0/s1. The van der Waals surface area contributed by atoms with Crippen LogP contribution >= 0.6 is 11.8 Å². The topological polar surface area (TPSA) is 92.4 Å². The predicted octanol–water partition coefficient (Wildman–Crippen LogP) is 1.05. The van der Waals surface area contributed by atoms with E-state index in [9.17, 15) is 14.7 Å². The molecule has 0 aliphatic carbocycles. The first-order chi connectivity index (χ1) is 9.56. The summed E-state index contributed by atoms with van der Waals surface area (Å²) in [5, 5.41) is 11.9. The molecule has 0 heterocycles. The Morgan fingerprint density at radius 1 is 1.35 bits per heavy atom. The van der Waals surface area contributed by atoms with E-state index in [-0.39, 0.29) is 12.5 Å². The van der Waals surface area contributed by atoms with Crippen LogP contribution in [-0.4, -0.2) is 41.6 Å². The number of hydrogen-bond donors (Lipinski definition) is 3. The first-order valence-corrected chi connectivity index (χ1v) is 7.75. The Bertz CT molecular complexity index is 439. The lowest BCUT2D eigenvalue weighted by molar-refractivity contribution is -0.138. The van der Waals surface area contributed by atoms with Gasteiger partial charge in [0, 0.05) is 6.54 Å². The molecule has 0 aromatic heterocycles. The number of nitrogens with one attached hydrogen (secondary N) is 1. The molecule has 0 radical (unpaired) electrons. The first kappa shape index (κ1) is 16.5. The van der Waals surface area contributed by atoms with E-state index in [2.05, 4.69) is 5.32 Å². The van der Waals surface area contributed by atoms with Crippen molar-refractivity contribution in [1.29, 1.82) is 0 Å². The first-order valence-electron chi connectivity index (χ1n) is 6.36. The maximum Gasteiger partial charge on any atom is 0.312 e. The molecule has 1 rings (SSSR count). The zero-order chi connectivity index (χ0) is 15.0. The van der Waals surface area contributed by atoms with Gasteiger partial charge in [-0.3, -0.25) is 9.59 Å². The highest BCUT2D eigenvalue weighted by Gasteiger charge is 2.21. The number of hydrogen-bond acceptors (Lipinski definition) is 4. The summed E-state index contributed by atoms with van der Waals surface area (Å²) in [6, 6.07) is 8.25. The average Bonchev–Trinajstić information content (AvgIpc) is 2.45. The SMILES string of the molecule is CSCC[C@H](N)C(=O)NCC(C(=O)O)c1ccccc1. The van der Waals surface area contributed by atoms with Crippen LogP contribution in [-0.2, 0) is 9.59 Å². The van der Waals surface area contributed by atoms with E-state index in [0.717, 1.165) is 5.75 Å². The summed E-state index contributed by atoms with van der Waals surface area (Å²) in [6.07, 6.45) is 2.52. The van der Waals surface area contributed by atoms with Crippen LogP contribution in [0.5, 0.6) is 0 Å². The van der Waals surface area contributed by atoms with Crippen molar-refractivity contribution in [3.63, 3.8) is 0 Å². The predicted molar refractivity (Wildman–Crippen MR) is 80.8 cm³/mol. The van der Waals surface area contributed by atoms with E-state index in [0.29, 0.717) is 12.0 Å². The zero-order valence-corrected chi connectivity index (χ0v) is 12.2. The summed E-state index contributed by atoms with van der Waals surface area (Å²) in [4.78, 5) is 23.0. The van der Waals surface area contributed by atoms with Crippen LogP contribution in [0.15, 0.2) is 30.3 Å². The number of nitrogens with two attached hydrogens (primary N) is 1. The molecule has 0 bridgehead atoms. The minimum Gasteiger partial charge on any atom is -0.481 e. The Labute approximate surface area is 122 Å². The van der Waals surface area contributed by atoms with Crippen molar-refractivity contribution in [2.45, 2.75) is 18.4 Å². The average molecular weight is 296 g/mol. The molecule has 110 valence electrons. The maximum absolute atomic E-state index is 11.8. The van der Waals surface area contributed by atoms with Crippen molar-refractivity contribution in [2.75, 3.05) is 18.6 Å². The second-order valence-corrected chi connectivity index (χ2v) is 5.42. The molecule has 1 unspecified atom stereocenters. The normalized spacial score (nSPS) is 13.5. The summed E-state index contributed by atoms with van der Waals surface area (Å²) in [7, 11) is 0. The maximum atomic E-state index is 11.8. The lowest BCUT2D eigenvalue weighted by Gasteiger charge is -2.16. The fraction of sp³-hybridized carbons (Fsp3) is 0.429. The van der Waals surface area contributed by atoms with E-state index in [4.69, 9.17) is 5.73 Å². The largest absolute Gasteiger partial charge is 0.481 e. The van der Waals surface area contributed by atoms with E-state index in [1.54, 1.807) is 36.0 Å². The highest BCUT2D eigenvalue weighted by atomic mass is 32.2. The Morgan fingerprint density at radius 2 is 2.00 bits per heavy atom. The van der Waals surface area contributed by atoms with E-state index in [1.165, 1.54) is 0 Å². The van der Waals surface area contributed by atoms with Gasteiger partial charge in [0.2, 0.25) is 5.91 Å². The van der Waals surface area contributed by atoms with Gasteiger partial charge in [-0.1, -0.05) is 30.3 Å². The van der Waals surface area contributed by atoms with Crippen molar-refractivity contribution in [1.82, 2.24) is 5.32 Å². The number of thioether (sulfide) groups is 1. The number of carbonyl (C=O) groups excluding carboxylic acids is 1. The van der Waals surface area contributed by atoms with Gasteiger partial charge in [0.1, 0.15) is 0 Å². The monoisotopic (exact) mass is 296 g/mol. The van der Waals surface area contributed by atoms with Gasteiger partial charge < -0.3 is 16.2 Å². The van der Waals surface area contributed by atoms with Crippen molar-refractivity contribution >= 4 is 23.6 Å². The van der Waals surface area contributed by atoms with Crippen LogP contribution in [0.4, 0.5) is 0 Å². The van der Waals surface area contributed by atoms with Crippen LogP contribution in [0.1, 0.15) is 17.9 Å². The summed E-state index contributed by atoms with van der Waals surface area (Å²) in [6.45, 7) is 0.0468. The summed E-state index contributed by atoms with van der Waals surface area (Å²) in [5.41, 5.74) is 6.40. The van der Waals surface area contributed by atoms with Crippen LogP contribution in [0.25, 0.3) is 0 Å². The third-order valence-corrected chi connectivity index (χ3v) is 3.59. The number of carboxylic acid groups (broad SMARTS) is 1. The molecular formula is C14H20N2O3S. The van der Waals surface area contributed by atoms with Gasteiger partial charge in [-0.2, -0.15) is 11.8 Å². The van der Waals surface area contributed by atoms with Crippen LogP contribution in [0.2, 0.25) is 0 Å². The Hall–Kier alpha value is -1.53. The van der Waals surface area contributed by atoms with Crippen molar-refractivity contribution < 1.29 is 14.7 Å². The van der Waals surface area contributed by atoms with Crippen molar-refractivity contribution in [3.8, 4) is 0 Å². The minimum atomic E-state index is -0.964. The highest BCUT2D eigenvalue weighted by Crippen LogP contribution is 2.14. The van der Waals surface area contributed by atoms with Gasteiger partial charge in [0.15, 0.2) is 0 Å². The van der Waals surface area contributed by atoms with Crippen LogP contribution < -0.4 is 11.1 Å². The van der Waals surface area contributed by atoms with E-state index < -0.39 is 17.9 Å². The van der Waals surface area contributed by atoms with E-state index in [1.807, 2.05) is 12.3 Å². The molecule has 0 saturated carbocycles. The van der Waals surface area contributed by atoms with Gasteiger partial charge in [-0.05, 0) is 24.0 Å². The van der Waals surface area contributed by atoms with Gasteiger partial charge in [-0.25, -0.2) is 0 Å². The fourth-order valence-corrected chi connectivity index (χ4v) is 2.23. The third kappa shape index (κ3) is 5.22. The number of carboxylic acids is 1. The van der Waals surface area contributed by atoms with Gasteiger partial charge in [0.25, 0.3) is 0 Å². The quantitative estimate of drug-likeness (QED) is 0.667. The third-order valence-electron chi connectivity index (χ3n) is 2.95. The lowest BCUT2D eigenvalue weighted by atomic mass is 9.99. The second kappa shape index (κ2) is 8.60. The summed E-state index contributed by atoms with van der Waals surface area (Å²) >= 11 is 1.62. The molecule has 2 atom stereocenters. The molecule has 0 aliphatic heterocycles. The smallest absolute Gasteiger partial charge is 0.312 e. The molecule has 20 heavy (non-hydrogen) atoms. The molecule has 1 aromatic rings. The molecule has 0 aliphatic rings. The minimum absolute atomic E-state index is 0.0468. The molecule has 4 N–H and O–H groups in total. The summed E-state index contributed by atoms with van der Waals surface area (Å²) in [5.74, 6) is -1.22. The second-order valence-electron chi connectivity index (χ2n) is 4.43. The van der Waals surface area contributed by atoms with Gasteiger partial charge in [-0.15, -0.1) is 0 Å². The van der Waals surface area contributed by atoms with Crippen LogP contribution in [0, 0.1) is 0 Å². The molecule has 1 aromatic carbocycles. The number of benzene rings is 1. The lowest BCUT2D eigenvalue weighted by Crippen LogP contribution is -2.43. The van der Waals surface area contributed by atoms with Gasteiger partial charge in [0.05, 0.1) is 12.0 Å². The Balaban J connectivity index is 2.56. The Kier molecular flexibility index (Phi) is 7.11. The van der Waals surface area contributed by atoms with Crippen LogP contribution in [0.3, 0.4) is 0 Å². The van der Waals surface area contributed by atoms with E-state index >= 15 is 0 Å². The van der Waals surface area contributed by atoms with Crippen molar-refractivity contribution in [2.24, 2.45) is 5.73 Å². The molecule has 0 saturated heterocycles. The molecule has 6 heteroatoms. The number of aliphatic carboxylic acids is 1. The fourth-order valence-electron chi connectivity index (χ4n) is 1.74. The highest BCUT2D eigenvalue weighted by molar-refractivity contribution is 7.98. The molecule has 1 amide bonds. The zero-order valence-electron chi connectivity index (χ0n) is 11.4. The summed E-state index contributed by atoms with van der Waals surface area (Å²) < 4.78 is 0. The van der Waals surface area contributed by atoms with Gasteiger partial charge >= 0.3 is 5.97 Å². The number of amides is 1. The molecule has 0 spiro atoms. The van der Waals surface area contributed by atoms with Crippen molar-refractivity contribution in [3.05, 3.63) is 35.9 Å². The molecular weight excluding hydrogens is 276 g/mol. The number of rotatable bonds is 8. The molecule has 0 fully saturated rings. The Morgan fingerprint density at radius 3 is 2.55 bits per heavy atom. The molecule has 5 nitrogen and oxygen atoms in total.